The largest absolute Gasteiger partial charge is 0.336 e. The summed E-state index contributed by atoms with van der Waals surface area (Å²) < 4.78 is 5.26. The topological polar surface area (TPSA) is 96.7 Å². The van der Waals surface area contributed by atoms with Crippen LogP contribution in [0, 0.1) is 6.92 Å². The number of carbonyl (C=O) groups is 1. The van der Waals surface area contributed by atoms with E-state index in [2.05, 4.69) is 25.4 Å². The Morgan fingerprint density at radius 2 is 2.04 bits per heavy atom. The first-order valence-electron chi connectivity index (χ1n) is 8.06. The van der Waals surface area contributed by atoms with Crippen LogP contribution in [0.3, 0.4) is 0 Å². The predicted molar refractivity (Wildman–Crippen MR) is 94.7 cm³/mol. The summed E-state index contributed by atoms with van der Waals surface area (Å²) in [5, 5.41) is 7.38. The standard InChI is InChI=1S/C18H17N5O2/c1-9(2)14-8-11(15-10(3)23-25-17(15)19-14)16(24)22-18-20-12-6-4-5-7-13(12)21-18/h4-9H,1-3H3,(H2,20,21,22,24). The van der Waals surface area contributed by atoms with Crippen molar-refractivity contribution in [1.29, 1.82) is 0 Å². The molecule has 0 fully saturated rings. The van der Waals surface area contributed by atoms with Crippen LogP contribution in [0.5, 0.6) is 0 Å². The van der Waals surface area contributed by atoms with Gasteiger partial charge in [-0.3, -0.25) is 10.1 Å². The van der Waals surface area contributed by atoms with Gasteiger partial charge in [0.15, 0.2) is 0 Å². The van der Waals surface area contributed by atoms with Crippen LogP contribution in [0.1, 0.15) is 41.5 Å². The van der Waals surface area contributed by atoms with E-state index in [0.717, 1.165) is 16.7 Å². The fourth-order valence-corrected chi connectivity index (χ4v) is 2.78. The molecule has 0 aliphatic carbocycles. The molecule has 2 N–H and O–H groups in total. The number of amides is 1. The first-order valence-corrected chi connectivity index (χ1v) is 8.06. The van der Waals surface area contributed by atoms with Gasteiger partial charge in [0.2, 0.25) is 5.95 Å². The molecule has 4 aromatic rings. The Kier molecular flexibility index (Phi) is 3.49. The van der Waals surface area contributed by atoms with Crippen molar-refractivity contribution < 1.29 is 9.32 Å². The Morgan fingerprint density at radius 3 is 2.80 bits per heavy atom. The molecule has 0 aliphatic heterocycles. The molecule has 0 saturated carbocycles. The Balaban J connectivity index is 1.77. The highest BCUT2D eigenvalue weighted by Gasteiger charge is 2.20. The van der Waals surface area contributed by atoms with E-state index in [1.54, 1.807) is 13.0 Å². The van der Waals surface area contributed by atoms with Crippen molar-refractivity contribution in [3.05, 3.63) is 47.3 Å². The lowest BCUT2D eigenvalue weighted by Gasteiger charge is -2.08. The fraction of sp³-hybridized carbons (Fsp3) is 0.222. The van der Waals surface area contributed by atoms with Gasteiger partial charge in [-0.2, -0.15) is 0 Å². The number of pyridine rings is 1. The van der Waals surface area contributed by atoms with Crippen molar-refractivity contribution in [3.8, 4) is 0 Å². The smallest absolute Gasteiger partial charge is 0.259 e. The lowest BCUT2D eigenvalue weighted by Crippen LogP contribution is -2.14. The molecule has 1 aromatic carbocycles. The second kappa shape index (κ2) is 5.70. The number of benzene rings is 1. The van der Waals surface area contributed by atoms with Crippen molar-refractivity contribution in [2.24, 2.45) is 0 Å². The molecule has 7 heteroatoms. The molecule has 0 radical (unpaired) electrons. The third kappa shape index (κ3) is 2.63. The number of aryl methyl sites for hydroxylation is 1. The minimum Gasteiger partial charge on any atom is -0.336 e. The molecule has 3 aromatic heterocycles. The van der Waals surface area contributed by atoms with Gasteiger partial charge in [-0.1, -0.05) is 31.1 Å². The van der Waals surface area contributed by atoms with E-state index in [1.165, 1.54) is 0 Å². The molecule has 0 unspecified atom stereocenters. The van der Waals surface area contributed by atoms with Gasteiger partial charge in [-0.05, 0) is 31.0 Å². The second-order valence-corrected chi connectivity index (χ2v) is 6.25. The molecule has 0 aliphatic rings. The Morgan fingerprint density at radius 1 is 1.24 bits per heavy atom. The summed E-state index contributed by atoms with van der Waals surface area (Å²) in [4.78, 5) is 24.8. The van der Waals surface area contributed by atoms with E-state index in [4.69, 9.17) is 4.52 Å². The maximum atomic E-state index is 12.9. The monoisotopic (exact) mass is 335 g/mol. The van der Waals surface area contributed by atoms with Crippen LogP contribution in [-0.2, 0) is 0 Å². The van der Waals surface area contributed by atoms with Crippen molar-refractivity contribution in [2.45, 2.75) is 26.7 Å². The number of fused-ring (bicyclic) bond motifs is 2. The van der Waals surface area contributed by atoms with E-state index >= 15 is 0 Å². The van der Waals surface area contributed by atoms with Crippen molar-refractivity contribution >= 4 is 34.0 Å². The molecular weight excluding hydrogens is 318 g/mol. The number of carbonyl (C=O) groups excluding carboxylic acids is 1. The summed E-state index contributed by atoms with van der Waals surface area (Å²) in [5.74, 6) is 0.281. The van der Waals surface area contributed by atoms with Gasteiger partial charge in [0.05, 0.1) is 27.7 Å². The first kappa shape index (κ1) is 15.3. The van der Waals surface area contributed by atoms with Crippen molar-refractivity contribution in [1.82, 2.24) is 20.1 Å². The summed E-state index contributed by atoms with van der Waals surface area (Å²) >= 11 is 0. The highest BCUT2D eigenvalue weighted by molar-refractivity contribution is 6.12. The van der Waals surface area contributed by atoms with E-state index in [0.29, 0.717) is 28.3 Å². The van der Waals surface area contributed by atoms with E-state index < -0.39 is 0 Å². The quantitative estimate of drug-likeness (QED) is 0.594. The number of rotatable bonds is 3. The van der Waals surface area contributed by atoms with Crippen LogP contribution in [0.4, 0.5) is 5.95 Å². The summed E-state index contributed by atoms with van der Waals surface area (Å²) in [5.41, 5.74) is 3.92. The van der Waals surface area contributed by atoms with Gasteiger partial charge >= 0.3 is 0 Å². The van der Waals surface area contributed by atoms with Gasteiger partial charge in [0, 0.05) is 5.69 Å². The maximum Gasteiger partial charge on any atom is 0.259 e. The van der Waals surface area contributed by atoms with Gasteiger partial charge in [0.25, 0.3) is 11.6 Å². The molecular formula is C18H17N5O2. The minimum absolute atomic E-state index is 0.160. The Labute approximate surface area is 143 Å². The molecule has 0 spiro atoms. The summed E-state index contributed by atoms with van der Waals surface area (Å²) in [6.07, 6.45) is 0. The number of hydrogen-bond acceptors (Lipinski definition) is 5. The number of nitrogens with one attached hydrogen (secondary N) is 2. The van der Waals surface area contributed by atoms with Gasteiger partial charge in [0.1, 0.15) is 0 Å². The van der Waals surface area contributed by atoms with E-state index in [1.807, 2.05) is 38.1 Å². The zero-order valence-electron chi connectivity index (χ0n) is 14.1. The second-order valence-electron chi connectivity index (χ2n) is 6.25. The number of aromatic amines is 1. The molecule has 1 amide bonds. The lowest BCUT2D eigenvalue weighted by atomic mass is 10.0. The van der Waals surface area contributed by atoms with Crippen molar-refractivity contribution in [3.63, 3.8) is 0 Å². The van der Waals surface area contributed by atoms with E-state index in [9.17, 15) is 4.79 Å². The average Bonchev–Trinajstić information content (AvgIpc) is 3.17. The zero-order chi connectivity index (χ0) is 17.6. The minimum atomic E-state index is -0.278. The van der Waals surface area contributed by atoms with Crippen LogP contribution in [-0.4, -0.2) is 26.0 Å². The third-order valence-electron chi connectivity index (χ3n) is 4.09. The van der Waals surface area contributed by atoms with Crippen LogP contribution < -0.4 is 5.32 Å². The van der Waals surface area contributed by atoms with E-state index in [-0.39, 0.29) is 11.8 Å². The van der Waals surface area contributed by atoms with Gasteiger partial charge in [-0.15, -0.1) is 0 Å². The number of imidazole rings is 1. The normalized spacial score (nSPS) is 11.5. The fourth-order valence-electron chi connectivity index (χ4n) is 2.78. The maximum absolute atomic E-state index is 12.9. The third-order valence-corrected chi connectivity index (χ3v) is 4.09. The van der Waals surface area contributed by atoms with Crippen LogP contribution in [0.2, 0.25) is 0 Å². The van der Waals surface area contributed by atoms with Crippen molar-refractivity contribution in [2.75, 3.05) is 5.32 Å². The number of H-pyrrole nitrogens is 1. The van der Waals surface area contributed by atoms with Crippen LogP contribution >= 0.6 is 0 Å². The molecule has 25 heavy (non-hydrogen) atoms. The molecule has 4 rings (SSSR count). The number of nitrogens with zero attached hydrogens (tertiary/aromatic N) is 3. The van der Waals surface area contributed by atoms with Crippen LogP contribution in [0.15, 0.2) is 34.9 Å². The van der Waals surface area contributed by atoms with Gasteiger partial charge < -0.3 is 9.51 Å². The molecule has 3 heterocycles. The summed E-state index contributed by atoms with van der Waals surface area (Å²) in [6, 6.07) is 9.39. The lowest BCUT2D eigenvalue weighted by molar-refractivity contribution is 0.102. The zero-order valence-corrected chi connectivity index (χ0v) is 14.1. The summed E-state index contributed by atoms with van der Waals surface area (Å²) in [6.45, 7) is 5.82. The number of aromatic nitrogens is 4. The predicted octanol–water partition coefficient (Wildman–Crippen LogP) is 3.78. The highest BCUT2D eigenvalue weighted by atomic mass is 16.5. The highest BCUT2D eigenvalue weighted by Crippen LogP contribution is 2.26. The molecule has 7 nitrogen and oxygen atoms in total. The number of anilines is 1. The molecule has 0 bridgehead atoms. The summed E-state index contributed by atoms with van der Waals surface area (Å²) in [7, 11) is 0. The SMILES string of the molecule is Cc1noc2nc(C(C)C)cc(C(=O)Nc3nc4ccccc4[nH]3)c12. The average molecular weight is 335 g/mol. The molecule has 0 saturated heterocycles. The Hall–Kier alpha value is -3.22. The number of hydrogen-bond donors (Lipinski definition) is 2. The molecule has 0 atom stereocenters. The first-order chi connectivity index (χ1) is 12.0. The van der Waals surface area contributed by atoms with Gasteiger partial charge in [-0.25, -0.2) is 9.97 Å². The molecule has 126 valence electrons. The number of para-hydroxylation sites is 2. The van der Waals surface area contributed by atoms with Crippen LogP contribution in [0.25, 0.3) is 22.1 Å². The Bertz CT molecular complexity index is 1060.